The maximum absolute atomic E-state index is 13.1. The van der Waals surface area contributed by atoms with Gasteiger partial charge in [-0.1, -0.05) is 41.9 Å². The van der Waals surface area contributed by atoms with Gasteiger partial charge in [0.2, 0.25) is 0 Å². The normalized spacial score (nSPS) is 11.2. The summed E-state index contributed by atoms with van der Waals surface area (Å²) in [5, 5.41) is 1.93. The van der Waals surface area contributed by atoms with Crippen LogP contribution < -0.4 is 11.0 Å². The fourth-order valence-corrected chi connectivity index (χ4v) is 4.47. The Morgan fingerprint density at radius 3 is 2.53 bits per heavy atom. The predicted octanol–water partition coefficient (Wildman–Crippen LogP) is 5.47. The van der Waals surface area contributed by atoms with Crippen LogP contribution in [0.1, 0.15) is 16.1 Å². The molecule has 5 rings (SSSR count). The Morgan fingerprint density at radius 2 is 1.72 bits per heavy atom. The van der Waals surface area contributed by atoms with Crippen LogP contribution in [0, 0.1) is 0 Å². The standard InChI is InChI=1S/C24H16ClN3O3S/c25-15-9-11-16(12-10-15)32-13-19-17-5-2-4-8-21(17)31-22(19)23(29)27-28-14-26-20-7-3-1-6-18(20)24(28)30/h1-12,14H,13H2,(H,27,29). The fourth-order valence-electron chi connectivity index (χ4n) is 3.42. The van der Waals surface area contributed by atoms with Crippen molar-refractivity contribution >= 4 is 51.1 Å². The lowest BCUT2D eigenvalue weighted by Gasteiger charge is -2.08. The third-order valence-electron chi connectivity index (χ3n) is 4.99. The molecule has 0 aliphatic heterocycles. The number of rotatable bonds is 5. The molecule has 0 saturated heterocycles. The zero-order valence-corrected chi connectivity index (χ0v) is 18.2. The maximum Gasteiger partial charge on any atom is 0.306 e. The molecule has 6 nitrogen and oxygen atoms in total. The molecule has 5 aromatic rings. The number of carbonyl (C=O) groups excluding carboxylic acids is 1. The zero-order valence-electron chi connectivity index (χ0n) is 16.6. The summed E-state index contributed by atoms with van der Waals surface area (Å²) in [7, 11) is 0. The van der Waals surface area contributed by atoms with E-state index in [9.17, 15) is 9.59 Å². The number of hydrogen-bond donors (Lipinski definition) is 1. The number of furan rings is 1. The Hall–Kier alpha value is -3.55. The highest BCUT2D eigenvalue weighted by molar-refractivity contribution is 7.98. The molecule has 0 unspecified atom stereocenters. The molecule has 3 aromatic carbocycles. The van der Waals surface area contributed by atoms with Gasteiger partial charge in [0.25, 0.3) is 5.56 Å². The largest absolute Gasteiger partial charge is 0.451 e. The lowest BCUT2D eigenvalue weighted by molar-refractivity contribution is 0.0982. The molecular weight excluding hydrogens is 446 g/mol. The summed E-state index contributed by atoms with van der Waals surface area (Å²) in [6.45, 7) is 0. The van der Waals surface area contributed by atoms with Crippen LogP contribution in [0.25, 0.3) is 21.9 Å². The van der Waals surface area contributed by atoms with E-state index < -0.39 is 5.91 Å². The van der Waals surface area contributed by atoms with Crippen LogP contribution in [0.3, 0.4) is 0 Å². The first-order valence-electron chi connectivity index (χ1n) is 9.77. The minimum absolute atomic E-state index is 0.160. The number of thioether (sulfide) groups is 1. The van der Waals surface area contributed by atoms with Crippen molar-refractivity contribution in [1.82, 2.24) is 9.66 Å². The summed E-state index contributed by atoms with van der Waals surface area (Å²) in [5.41, 5.74) is 4.16. The van der Waals surface area contributed by atoms with Crippen LogP contribution in [-0.2, 0) is 5.75 Å². The highest BCUT2D eigenvalue weighted by Gasteiger charge is 2.21. The predicted molar refractivity (Wildman–Crippen MR) is 127 cm³/mol. The number of nitrogens with one attached hydrogen (secondary N) is 1. The van der Waals surface area contributed by atoms with Gasteiger partial charge >= 0.3 is 5.91 Å². The molecule has 158 valence electrons. The van der Waals surface area contributed by atoms with Crippen molar-refractivity contribution in [3.8, 4) is 0 Å². The van der Waals surface area contributed by atoms with Crippen LogP contribution in [0.5, 0.6) is 0 Å². The Kier molecular flexibility index (Phi) is 5.43. The van der Waals surface area contributed by atoms with Gasteiger partial charge in [-0.15, -0.1) is 11.8 Å². The van der Waals surface area contributed by atoms with Crippen LogP contribution in [0.15, 0.2) is 93.2 Å². The van der Waals surface area contributed by atoms with E-state index in [1.165, 1.54) is 6.33 Å². The number of halogens is 1. The molecule has 0 bridgehead atoms. The van der Waals surface area contributed by atoms with Gasteiger partial charge in [0.1, 0.15) is 11.9 Å². The van der Waals surface area contributed by atoms with Crippen molar-refractivity contribution in [2.75, 3.05) is 5.43 Å². The highest BCUT2D eigenvalue weighted by Crippen LogP contribution is 2.32. The van der Waals surface area contributed by atoms with E-state index in [2.05, 4.69) is 10.4 Å². The summed E-state index contributed by atoms with van der Waals surface area (Å²) >= 11 is 7.54. The molecule has 2 heterocycles. The number of benzene rings is 3. The SMILES string of the molecule is O=C(Nn1cnc2ccccc2c1=O)c1oc2ccccc2c1CSc1ccc(Cl)cc1. The number of fused-ring (bicyclic) bond motifs is 2. The Labute approximate surface area is 191 Å². The van der Waals surface area contributed by atoms with E-state index in [0.717, 1.165) is 20.5 Å². The van der Waals surface area contributed by atoms with Crippen molar-refractivity contribution in [3.63, 3.8) is 0 Å². The van der Waals surface area contributed by atoms with Crippen molar-refractivity contribution in [2.45, 2.75) is 10.6 Å². The van der Waals surface area contributed by atoms with Gasteiger partial charge < -0.3 is 4.42 Å². The molecule has 32 heavy (non-hydrogen) atoms. The Balaban J connectivity index is 1.48. The summed E-state index contributed by atoms with van der Waals surface area (Å²) in [4.78, 5) is 31.1. The van der Waals surface area contributed by atoms with Gasteiger partial charge in [-0.25, -0.2) is 9.66 Å². The quantitative estimate of drug-likeness (QED) is 0.351. The Bertz CT molecular complexity index is 1510. The molecule has 0 saturated carbocycles. The average molecular weight is 462 g/mol. The van der Waals surface area contributed by atoms with E-state index in [1.54, 1.807) is 36.0 Å². The number of amides is 1. The Morgan fingerprint density at radius 1 is 1.00 bits per heavy atom. The van der Waals surface area contributed by atoms with Crippen LogP contribution in [0.4, 0.5) is 0 Å². The summed E-state index contributed by atoms with van der Waals surface area (Å²) in [6.07, 6.45) is 1.30. The van der Waals surface area contributed by atoms with Gasteiger partial charge in [-0.2, -0.15) is 0 Å². The number of nitrogens with zero attached hydrogens (tertiary/aromatic N) is 2. The van der Waals surface area contributed by atoms with Crippen LogP contribution in [-0.4, -0.2) is 15.6 Å². The molecule has 0 spiro atoms. The lowest BCUT2D eigenvalue weighted by Crippen LogP contribution is -2.33. The van der Waals surface area contributed by atoms with E-state index >= 15 is 0 Å². The first-order valence-corrected chi connectivity index (χ1v) is 11.1. The minimum atomic E-state index is -0.521. The number of para-hydroxylation sites is 2. The minimum Gasteiger partial charge on any atom is -0.451 e. The van der Waals surface area contributed by atoms with Gasteiger partial charge in [-0.3, -0.25) is 15.0 Å². The summed E-state index contributed by atoms with van der Waals surface area (Å²) in [6, 6.07) is 21.9. The van der Waals surface area contributed by atoms with Gasteiger partial charge in [0.05, 0.1) is 10.9 Å². The first-order chi connectivity index (χ1) is 15.6. The van der Waals surface area contributed by atoms with Gasteiger partial charge in [-0.05, 0) is 42.5 Å². The molecule has 0 aliphatic carbocycles. The van der Waals surface area contributed by atoms with Crippen LogP contribution >= 0.6 is 23.4 Å². The molecule has 1 amide bonds. The molecule has 0 atom stereocenters. The third kappa shape index (κ3) is 3.88. The topological polar surface area (TPSA) is 77.1 Å². The highest BCUT2D eigenvalue weighted by atomic mass is 35.5. The fraction of sp³-hybridized carbons (Fsp3) is 0.0417. The van der Waals surface area contributed by atoms with Crippen LogP contribution in [0.2, 0.25) is 5.02 Å². The second-order valence-electron chi connectivity index (χ2n) is 7.03. The summed E-state index contributed by atoms with van der Waals surface area (Å²) < 4.78 is 6.96. The van der Waals surface area contributed by atoms with Crippen molar-refractivity contribution in [2.24, 2.45) is 0 Å². The lowest BCUT2D eigenvalue weighted by atomic mass is 10.1. The smallest absolute Gasteiger partial charge is 0.306 e. The van der Waals surface area contributed by atoms with E-state index in [0.29, 0.717) is 27.3 Å². The second-order valence-corrected chi connectivity index (χ2v) is 8.51. The monoisotopic (exact) mass is 461 g/mol. The number of carbonyl (C=O) groups is 1. The molecule has 2 aromatic heterocycles. The zero-order chi connectivity index (χ0) is 22.1. The third-order valence-corrected chi connectivity index (χ3v) is 6.28. The van der Waals surface area contributed by atoms with Gasteiger partial charge in [0, 0.05) is 26.6 Å². The average Bonchev–Trinajstić information content (AvgIpc) is 3.19. The van der Waals surface area contributed by atoms with Crippen molar-refractivity contribution in [3.05, 3.63) is 106 Å². The summed E-state index contributed by atoms with van der Waals surface area (Å²) in [5.74, 6) is 0.145. The molecule has 8 heteroatoms. The van der Waals surface area contributed by atoms with E-state index in [-0.39, 0.29) is 11.3 Å². The number of aromatic nitrogens is 2. The first kappa shape index (κ1) is 20.4. The molecule has 0 aliphatic rings. The molecule has 0 radical (unpaired) electrons. The van der Waals surface area contributed by atoms with Crippen molar-refractivity contribution in [1.29, 1.82) is 0 Å². The van der Waals surface area contributed by atoms with Crippen molar-refractivity contribution < 1.29 is 9.21 Å². The molecule has 0 fully saturated rings. The van der Waals surface area contributed by atoms with E-state index in [4.69, 9.17) is 16.0 Å². The number of hydrogen-bond acceptors (Lipinski definition) is 5. The second kappa shape index (κ2) is 8.53. The molecular formula is C24H16ClN3O3S. The van der Waals surface area contributed by atoms with Gasteiger partial charge in [0.15, 0.2) is 5.76 Å². The molecule has 1 N–H and O–H groups in total. The maximum atomic E-state index is 13.1. The van der Waals surface area contributed by atoms with E-state index in [1.807, 2.05) is 48.5 Å².